The second-order valence-corrected chi connectivity index (χ2v) is 7.11. The highest BCUT2D eigenvalue weighted by molar-refractivity contribution is 5.92. The van der Waals surface area contributed by atoms with Crippen molar-refractivity contribution in [1.82, 2.24) is 20.0 Å². The Kier molecular flexibility index (Phi) is 5.95. The number of hydrogen-bond donors (Lipinski definition) is 1. The van der Waals surface area contributed by atoms with Gasteiger partial charge in [-0.25, -0.2) is 4.68 Å². The fraction of sp³-hybridized carbons (Fsp3) is 0.400. The van der Waals surface area contributed by atoms with Crippen LogP contribution in [0.4, 0.5) is 13.2 Å². The van der Waals surface area contributed by atoms with Crippen molar-refractivity contribution in [2.24, 2.45) is 5.92 Å². The summed E-state index contributed by atoms with van der Waals surface area (Å²) < 4.78 is 41.2. The molecule has 30 heavy (non-hydrogen) atoms. The molecule has 10 heteroatoms. The smallest absolute Gasteiger partial charge is 0.359 e. The fourth-order valence-corrected chi connectivity index (χ4v) is 3.54. The molecule has 1 aromatic carbocycles. The van der Waals surface area contributed by atoms with E-state index in [1.54, 1.807) is 0 Å². The van der Waals surface area contributed by atoms with E-state index in [1.165, 1.54) is 37.1 Å². The van der Waals surface area contributed by atoms with Gasteiger partial charge in [-0.1, -0.05) is 12.1 Å². The molecule has 2 heterocycles. The lowest BCUT2D eigenvalue weighted by Gasteiger charge is -2.30. The highest BCUT2D eigenvalue weighted by atomic mass is 19.4. The number of nitrogens with zero attached hydrogens (tertiary/aromatic N) is 3. The van der Waals surface area contributed by atoms with E-state index in [0.29, 0.717) is 12.8 Å². The predicted octanol–water partition coefficient (Wildman–Crippen LogP) is 2.16. The standard InChI is InChI=1S/C20H21F3N4O3/c1-12-11-16(28)17(19(30)26-9-7-13(8-10-26)18(29)24-2)25-27(12)15-6-4-3-5-14(15)20(21,22)23/h3-6,11,13H,7-10H2,1-2H3,(H,24,29). The zero-order valence-electron chi connectivity index (χ0n) is 16.5. The molecule has 1 N–H and O–H groups in total. The molecule has 1 aliphatic rings. The van der Waals surface area contributed by atoms with Crippen LogP contribution in [0, 0.1) is 12.8 Å². The van der Waals surface area contributed by atoms with E-state index in [-0.39, 0.29) is 36.3 Å². The largest absolute Gasteiger partial charge is 0.418 e. The Bertz CT molecular complexity index is 1020. The third-order valence-corrected chi connectivity index (χ3v) is 5.15. The zero-order chi connectivity index (χ0) is 22.1. The van der Waals surface area contributed by atoms with Gasteiger partial charge in [0, 0.05) is 37.8 Å². The van der Waals surface area contributed by atoms with Crippen LogP contribution in [0.5, 0.6) is 0 Å². The monoisotopic (exact) mass is 422 g/mol. The number of benzene rings is 1. The second-order valence-electron chi connectivity index (χ2n) is 7.11. The van der Waals surface area contributed by atoms with Crippen molar-refractivity contribution in [2.75, 3.05) is 20.1 Å². The number of likely N-dealkylation sites (tertiary alicyclic amines) is 1. The van der Waals surface area contributed by atoms with Crippen LogP contribution < -0.4 is 10.7 Å². The Labute approximate surface area is 170 Å². The first-order chi connectivity index (χ1) is 14.1. The summed E-state index contributed by atoms with van der Waals surface area (Å²) in [7, 11) is 1.54. The number of carbonyl (C=O) groups is 2. The van der Waals surface area contributed by atoms with Crippen LogP contribution in [-0.2, 0) is 11.0 Å². The van der Waals surface area contributed by atoms with E-state index in [2.05, 4.69) is 10.4 Å². The molecule has 0 bridgehead atoms. The van der Waals surface area contributed by atoms with E-state index in [4.69, 9.17) is 0 Å². The molecule has 0 spiro atoms. The molecule has 1 fully saturated rings. The number of nitrogens with one attached hydrogen (secondary N) is 1. The van der Waals surface area contributed by atoms with Gasteiger partial charge >= 0.3 is 6.18 Å². The lowest BCUT2D eigenvalue weighted by Crippen LogP contribution is -2.44. The van der Waals surface area contributed by atoms with Gasteiger partial charge in [-0.3, -0.25) is 14.4 Å². The quantitative estimate of drug-likeness (QED) is 0.822. The van der Waals surface area contributed by atoms with Crippen LogP contribution in [0.2, 0.25) is 0 Å². The first-order valence-electron chi connectivity index (χ1n) is 9.42. The van der Waals surface area contributed by atoms with Gasteiger partial charge in [0.1, 0.15) is 0 Å². The SMILES string of the molecule is CNC(=O)C1CCN(C(=O)c2nn(-c3ccccc3C(F)(F)F)c(C)cc2=O)CC1. The van der Waals surface area contributed by atoms with Crippen molar-refractivity contribution in [3.05, 3.63) is 57.5 Å². The Morgan fingerprint density at radius 2 is 1.80 bits per heavy atom. The van der Waals surface area contributed by atoms with E-state index in [1.807, 2.05) is 0 Å². The molecule has 2 amide bonds. The van der Waals surface area contributed by atoms with Crippen LogP contribution in [0.15, 0.2) is 35.1 Å². The number of para-hydroxylation sites is 1. The van der Waals surface area contributed by atoms with E-state index < -0.39 is 28.8 Å². The average Bonchev–Trinajstić information content (AvgIpc) is 2.72. The van der Waals surface area contributed by atoms with E-state index in [0.717, 1.165) is 16.8 Å². The molecule has 7 nitrogen and oxygen atoms in total. The third kappa shape index (κ3) is 4.22. The minimum absolute atomic E-state index is 0.110. The summed E-state index contributed by atoms with van der Waals surface area (Å²) in [5.41, 5.74) is -2.13. The average molecular weight is 422 g/mol. The number of aromatic nitrogens is 2. The number of piperidine rings is 1. The maximum atomic E-state index is 13.4. The van der Waals surface area contributed by atoms with Crippen molar-refractivity contribution >= 4 is 11.8 Å². The molecule has 0 atom stereocenters. The van der Waals surface area contributed by atoms with Gasteiger partial charge in [-0.15, -0.1) is 0 Å². The number of amides is 2. The highest BCUT2D eigenvalue weighted by Gasteiger charge is 2.35. The number of hydrogen-bond acceptors (Lipinski definition) is 4. The minimum atomic E-state index is -4.63. The summed E-state index contributed by atoms with van der Waals surface area (Å²) in [4.78, 5) is 38.4. The molecule has 0 aliphatic carbocycles. The van der Waals surface area contributed by atoms with Gasteiger partial charge in [0.25, 0.3) is 5.91 Å². The molecule has 2 aromatic rings. The van der Waals surface area contributed by atoms with Gasteiger partial charge in [0.2, 0.25) is 11.3 Å². The summed E-state index contributed by atoms with van der Waals surface area (Å²) in [5, 5.41) is 6.56. The van der Waals surface area contributed by atoms with Gasteiger partial charge in [-0.2, -0.15) is 18.3 Å². The van der Waals surface area contributed by atoms with Crippen molar-refractivity contribution in [3.63, 3.8) is 0 Å². The molecule has 160 valence electrons. The summed E-state index contributed by atoms with van der Waals surface area (Å²) in [5.74, 6) is -0.990. The number of rotatable bonds is 3. The summed E-state index contributed by atoms with van der Waals surface area (Å²) in [6.07, 6.45) is -3.76. The Morgan fingerprint density at radius 3 is 2.40 bits per heavy atom. The Balaban J connectivity index is 1.95. The maximum Gasteiger partial charge on any atom is 0.418 e. The predicted molar refractivity (Wildman–Crippen MR) is 102 cm³/mol. The minimum Gasteiger partial charge on any atom is -0.359 e. The molecule has 1 aromatic heterocycles. The second kappa shape index (κ2) is 8.29. The molecule has 0 saturated carbocycles. The van der Waals surface area contributed by atoms with Gasteiger partial charge in [0.15, 0.2) is 5.69 Å². The van der Waals surface area contributed by atoms with Crippen molar-refractivity contribution in [1.29, 1.82) is 0 Å². The Hall–Kier alpha value is -3.17. The van der Waals surface area contributed by atoms with Crippen LogP contribution in [0.1, 0.15) is 34.6 Å². The number of carbonyl (C=O) groups excluding carboxylic acids is 2. The van der Waals surface area contributed by atoms with Crippen LogP contribution in [0.25, 0.3) is 5.69 Å². The van der Waals surface area contributed by atoms with E-state index >= 15 is 0 Å². The Morgan fingerprint density at radius 1 is 1.17 bits per heavy atom. The summed E-state index contributed by atoms with van der Waals surface area (Å²) >= 11 is 0. The number of halogens is 3. The summed E-state index contributed by atoms with van der Waals surface area (Å²) in [6, 6.07) is 5.93. The first-order valence-corrected chi connectivity index (χ1v) is 9.42. The molecular weight excluding hydrogens is 401 g/mol. The number of alkyl halides is 3. The number of aryl methyl sites for hydroxylation is 1. The lowest BCUT2D eigenvalue weighted by atomic mass is 9.96. The maximum absolute atomic E-state index is 13.4. The third-order valence-electron chi connectivity index (χ3n) is 5.15. The molecule has 0 unspecified atom stereocenters. The van der Waals surface area contributed by atoms with Crippen LogP contribution >= 0.6 is 0 Å². The molecular formula is C20H21F3N4O3. The van der Waals surface area contributed by atoms with E-state index in [9.17, 15) is 27.6 Å². The van der Waals surface area contributed by atoms with Gasteiger partial charge < -0.3 is 10.2 Å². The molecule has 3 rings (SSSR count). The summed E-state index contributed by atoms with van der Waals surface area (Å²) in [6.45, 7) is 1.96. The first kappa shape index (κ1) is 21.5. The van der Waals surface area contributed by atoms with Crippen molar-refractivity contribution < 1.29 is 22.8 Å². The molecule has 1 aliphatic heterocycles. The van der Waals surface area contributed by atoms with Crippen molar-refractivity contribution in [2.45, 2.75) is 25.9 Å². The zero-order valence-corrected chi connectivity index (χ0v) is 16.5. The lowest BCUT2D eigenvalue weighted by molar-refractivity contribution is -0.137. The molecule has 1 saturated heterocycles. The molecule has 0 radical (unpaired) electrons. The van der Waals surface area contributed by atoms with Gasteiger partial charge in [-0.05, 0) is 31.9 Å². The van der Waals surface area contributed by atoms with Crippen LogP contribution in [0.3, 0.4) is 0 Å². The fourth-order valence-electron chi connectivity index (χ4n) is 3.54. The van der Waals surface area contributed by atoms with Gasteiger partial charge in [0.05, 0.1) is 11.3 Å². The van der Waals surface area contributed by atoms with Crippen LogP contribution in [-0.4, -0.2) is 46.6 Å². The topological polar surface area (TPSA) is 84.3 Å². The highest BCUT2D eigenvalue weighted by Crippen LogP contribution is 2.33. The van der Waals surface area contributed by atoms with Crippen molar-refractivity contribution in [3.8, 4) is 5.69 Å². The normalized spacial score (nSPS) is 15.2.